The molecule has 1 aromatic carbocycles. The molecule has 0 spiro atoms. The van der Waals surface area contributed by atoms with Crippen molar-refractivity contribution in [3.63, 3.8) is 0 Å². The summed E-state index contributed by atoms with van der Waals surface area (Å²) in [5, 5.41) is 2.05. The first-order valence-corrected chi connectivity index (χ1v) is 6.94. The fourth-order valence-electron chi connectivity index (χ4n) is 3.00. The van der Waals surface area contributed by atoms with Crippen LogP contribution in [0.25, 0.3) is 0 Å². The molecule has 0 radical (unpaired) electrons. The highest BCUT2D eigenvalue weighted by Crippen LogP contribution is 2.33. The number of carbonyl (C=O) groups excluding carboxylic acids is 3. The summed E-state index contributed by atoms with van der Waals surface area (Å²) in [5.41, 5.74) is 2.05. The summed E-state index contributed by atoms with van der Waals surface area (Å²) < 4.78 is 0. The fourth-order valence-corrected chi connectivity index (χ4v) is 3.00. The molecule has 1 fully saturated rings. The van der Waals surface area contributed by atoms with E-state index >= 15 is 0 Å². The summed E-state index contributed by atoms with van der Waals surface area (Å²) >= 11 is 0. The average molecular weight is 303 g/mol. The zero-order valence-electron chi connectivity index (χ0n) is 12.2. The van der Waals surface area contributed by atoms with Gasteiger partial charge in [0.25, 0.3) is 11.8 Å². The molecule has 22 heavy (non-hydrogen) atoms. The van der Waals surface area contributed by atoms with E-state index in [0.29, 0.717) is 17.0 Å². The minimum atomic E-state index is -0.710. The molecule has 4 N–H and O–H groups in total. The molecule has 0 aliphatic carbocycles. The maximum atomic E-state index is 12.6. The van der Waals surface area contributed by atoms with Crippen LogP contribution in [-0.4, -0.2) is 40.7 Å². The lowest BCUT2D eigenvalue weighted by Gasteiger charge is -2.33. The standard InChI is InChI=1S/C14H17N5O3/c1-17(15)10-4-2-3-8-9(10)7-18(13(8)21)11-5-6-12(20)19(16)14(11)22/h2-4,11H,5-7,15-16H2,1H3. The van der Waals surface area contributed by atoms with Gasteiger partial charge in [-0.05, 0) is 18.6 Å². The zero-order chi connectivity index (χ0) is 16.0. The quantitative estimate of drug-likeness (QED) is 0.325. The Balaban J connectivity index is 1.93. The number of anilines is 1. The number of hydrazine groups is 2. The molecule has 0 aromatic heterocycles. The number of rotatable bonds is 2. The summed E-state index contributed by atoms with van der Waals surface area (Å²) in [5.74, 6) is 10.1. The normalized spacial score (nSPS) is 21.4. The average Bonchev–Trinajstić information content (AvgIpc) is 2.82. The van der Waals surface area contributed by atoms with E-state index in [-0.39, 0.29) is 18.9 Å². The van der Waals surface area contributed by atoms with Gasteiger partial charge in [-0.15, -0.1) is 0 Å². The largest absolute Gasteiger partial charge is 0.322 e. The first kappa shape index (κ1) is 14.5. The third-order valence-electron chi connectivity index (χ3n) is 4.15. The number of nitrogens with zero attached hydrogens (tertiary/aromatic N) is 3. The molecule has 3 rings (SSSR count). The molecule has 2 heterocycles. The minimum Gasteiger partial charge on any atom is -0.322 e. The SMILES string of the molecule is CN(N)c1cccc2c1CN(C1CCC(=O)N(N)C1=O)C2=O. The van der Waals surface area contributed by atoms with Gasteiger partial charge in [0.2, 0.25) is 5.91 Å². The second kappa shape index (κ2) is 5.08. The number of amides is 3. The minimum absolute atomic E-state index is 0.149. The van der Waals surface area contributed by atoms with Crippen LogP contribution in [0.5, 0.6) is 0 Å². The molecule has 1 atom stereocenters. The monoisotopic (exact) mass is 303 g/mol. The van der Waals surface area contributed by atoms with Gasteiger partial charge < -0.3 is 9.91 Å². The van der Waals surface area contributed by atoms with Crippen LogP contribution in [0.4, 0.5) is 5.69 Å². The molecule has 1 saturated heterocycles. The van der Waals surface area contributed by atoms with E-state index < -0.39 is 17.9 Å². The second-order valence-electron chi connectivity index (χ2n) is 5.50. The number of hydrogen-bond donors (Lipinski definition) is 2. The summed E-state index contributed by atoms with van der Waals surface area (Å²) in [4.78, 5) is 37.7. The summed E-state index contributed by atoms with van der Waals surface area (Å²) in [6.45, 7) is 0.282. The van der Waals surface area contributed by atoms with Gasteiger partial charge in [0, 0.05) is 31.1 Å². The third-order valence-corrected chi connectivity index (χ3v) is 4.15. The van der Waals surface area contributed by atoms with Gasteiger partial charge in [0.15, 0.2) is 0 Å². The van der Waals surface area contributed by atoms with Crippen molar-refractivity contribution in [1.82, 2.24) is 9.91 Å². The molecule has 2 aliphatic heterocycles. The fraction of sp³-hybridized carbons (Fsp3) is 0.357. The van der Waals surface area contributed by atoms with E-state index in [4.69, 9.17) is 11.7 Å². The van der Waals surface area contributed by atoms with Gasteiger partial charge in [-0.1, -0.05) is 6.07 Å². The van der Waals surface area contributed by atoms with E-state index in [1.807, 2.05) is 6.07 Å². The third kappa shape index (κ3) is 2.04. The Morgan fingerprint density at radius 1 is 1.27 bits per heavy atom. The van der Waals surface area contributed by atoms with Crippen LogP contribution >= 0.6 is 0 Å². The maximum absolute atomic E-state index is 12.6. The van der Waals surface area contributed by atoms with Crippen LogP contribution in [0, 0.1) is 0 Å². The van der Waals surface area contributed by atoms with Crippen LogP contribution in [-0.2, 0) is 16.1 Å². The molecule has 1 aromatic rings. The van der Waals surface area contributed by atoms with Crippen molar-refractivity contribution in [3.05, 3.63) is 29.3 Å². The van der Waals surface area contributed by atoms with Crippen LogP contribution in [0.3, 0.4) is 0 Å². The number of fused-ring (bicyclic) bond motifs is 1. The van der Waals surface area contributed by atoms with Crippen molar-refractivity contribution >= 4 is 23.4 Å². The lowest BCUT2D eigenvalue weighted by atomic mass is 10.0. The van der Waals surface area contributed by atoms with Gasteiger partial charge >= 0.3 is 0 Å². The Bertz CT molecular complexity index is 672. The van der Waals surface area contributed by atoms with Crippen LogP contribution in [0.15, 0.2) is 18.2 Å². The predicted octanol–water partition coefficient (Wildman–Crippen LogP) is -0.656. The summed E-state index contributed by atoms with van der Waals surface area (Å²) in [7, 11) is 1.69. The van der Waals surface area contributed by atoms with E-state index in [0.717, 1.165) is 11.3 Å². The van der Waals surface area contributed by atoms with Gasteiger partial charge in [0.1, 0.15) is 6.04 Å². The number of hydrogen-bond acceptors (Lipinski definition) is 6. The molecule has 1 unspecified atom stereocenters. The van der Waals surface area contributed by atoms with Crippen molar-refractivity contribution in [1.29, 1.82) is 0 Å². The first-order valence-electron chi connectivity index (χ1n) is 6.94. The predicted molar refractivity (Wildman–Crippen MR) is 78.0 cm³/mol. The van der Waals surface area contributed by atoms with E-state index in [1.54, 1.807) is 19.2 Å². The zero-order valence-corrected chi connectivity index (χ0v) is 12.2. The van der Waals surface area contributed by atoms with Gasteiger partial charge in [-0.3, -0.25) is 14.4 Å². The summed E-state index contributed by atoms with van der Waals surface area (Å²) in [6, 6.07) is 4.57. The van der Waals surface area contributed by atoms with E-state index in [2.05, 4.69) is 0 Å². The number of imide groups is 1. The molecule has 2 aliphatic rings. The van der Waals surface area contributed by atoms with Crippen molar-refractivity contribution in [2.24, 2.45) is 11.7 Å². The summed E-state index contributed by atoms with van der Waals surface area (Å²) in [6.07, 6.45) is 0.440. The number of piperidine rings is 1. The molecule has 8 heteroatoms. The smallest absolute Gasteiger partial charge is 0.266 e. The highest BCUT2D eigenvalue weighted by molar-refractivity contribution is 6.05. The number of benzene rings is 1. The van der Waals surface area contributed by atoms with Crippen LogP contribution in [0.2, 0.25) is 0 Å². The topological polar surface area (TPSA) is 113 Å². The van der Waals surface area contributed by atoms with Crippen LogP contribution < -0.4 is 16.7 Å². The number of carbonyl (C=O) groups is 3. The van der Waals surface area contributed by atoms with E-state index in [9.17, 15) is 14.4 Å². The van der Waals surface area contributed by atoms with Crippen molar-refractivity contribution < 1.29 is 14.4 Å². The lowest BCUT2D eigenvalue weighted by molar-refractivity contribution is -0.152. The highest BCUT2D eigenvalue weighted by Gasteiger charge is 2.42. The molecule has 0 saturated carbocycles. The maximum Gasteiger partial charge on any atom is 0.266 e. The number of nitrogens with two attached hydrogens (primary N) is 2. The van der Waals surface area contributed by atoms with Crippen molar-refractivity contribution in [3.8, 4) is 0 Å². The Labute approximate surface area is 127 Å². The molecular weight excluding hydrogens is 286 g/mol. The van der Waals surface area contributed by atoms with E-state index in [1.165, 1.54) is 9.91 Å². The molecule has 3 amide bonds. The molecular formula is C14H17N5O3. The Kier molecular flexibility index (Phi) is 3.34. The molecule has 8 nitrogen and oxygen atoms in total. The van der Waals surface area contributed by atoms with Gasteiger partial charge in [-0.25, -0.2) is 16.7 Å². The van der Waals surface area contributed by atoms with Gasteiger partial charge in [0.05, 0.1) is 5.69 Å². The Morgan fingerprint density at radius 2 is 2.00 bits per heavy atom. The first-order chi connectivity index (χ1) is 10.4. The van der Waals surface area contributed by atoms with Crippen LogP contribution in [0.1, 0.15) is 28.8 Å². The molecule has 0 bridgehead atoms. The lowest BCUT2D eigenvalue weighted by Crippen LogP contribution is -2.57. The Hall–Kier alpha value is -2.45. The highest BCUT2D eigenvalue weighted by atomic mass is 16.2. The van der Waals surface area contributed by atoms with Crippen molar-refractivity contribution in [2.45, 2.75) is 25.4 Å². The second-order valence-corrected chi connectivity index (χ2v) is 5.50. The molecule has 116 valence electrons. The van der Waals surface area contributed by atoms with Gasteiger partial charge in [-0.2, -0.15) is 0 Å². The Morgan fingerprint density at radius 3 is 2.68 bits per heavy atom. The van der Waals surface area contributed by atoms with Crippen molar-refractivity contribution in [2.75, 3.05) is 12.1 Å².